The molecule has 3 heteroatoms. The smallest absolute Gasteiger partial charge is 0.0622 e. The van der Waals surface area contributed by atoms with Gasteiger partial charge < -0.3 is 4.74 Å². The summed E-state index contributed by atoms with van der Waals surface area (Å²) in [4.78, 5) is 5.38. The summed E-state index contributed by atoms with van der Waals surface area (Å²) in [5.41, 5.74) is 0. The highest BCUT2D eigenvalue weighted by Crippen LogP contribution is 2.24. The molecule has 3 aliphatic rings. The molecule has 0 saturated carbocycles. The summed E-state index contributed by atoms with van der Waals surface area (Å²) in [5, 5.41) is 0. The predicted octanol–water partition coefficient (Wildman–Crippen LogP) is 0.945. The minimum atomic E-state index is 0.731. The summed E-state index contributed by atoms with van der Waals surface area (Å²) in [5.74, 6) is 0. The summed E-state index contributed by atoms with van der Waals surface area (Å²) >= 11 is 0. The first-order chi connectivity index (χ1) is 7.43. The number of ether oxygens (including phenoxy) is 1. The van der Waals surface area contributed by atoms with E-state index in [-0.39, 0.29) is 0 Å². The van der Waals surface area contributed by atoms with Crippen LogP contribution in [0.25, 0.3) is 0 Å². The van der Waals surface area contributed by atoms with E-state index < -0.39 is 0 Å². The van der Waals surface area contributed by atoms with Gasteiger partial charge in [-0.3, -0.25) is 9.80 Å². The number of piperidine rings is 1. The van der Waals surface area contributed by atoms with Gasteiger partial charge in [0.25, 0.3) is 0 Å². The summed E-state index contributed by atoms with van der Waals surface area (Å²) < 4.78 is 5.49. The van der Waals surface area contributed by atoms with Crippen LogP contribution in [0.4, 0.5) is 0 Å². The second-order valence-corrected chi connectivity index (χ2v) is 5.20. The first-order valence-corrected chi connectivity index (χ1v) is 6.49. The third-order valence-electron chi connectivity index (χ3n) is 4.29. The summed E-state index contributed by atoms with van der Waals surface area (Å²) in [6.07, 6.45) is 5.54. The molecular formula is C12H22N2O. The van der Waals surface area contributed by atoms with Gasteiger partial charge in [-0.25, -0.2) is 0 Å². The van der Waals surface area contributed by atoms with Gasteiger partial charge in [0.2, 0.25) is 0 Å². The molecule has 0 aromatic carbocycles. The van der Waals surface area contributed by atoms with Crippen molar-refractivity contribution >= 4 is 0 Å². The minimum absolute atomic E-state index is 0.731. The highest BCUT2D eigenvalue weighted by atomic mass is 16.5. The monoisotopic (exact) mass is 210 g/mol. The second-order valence-electron chi connectivity index (χ2n) is 5.20. The van der Waals surface area contributed by atoms with Crippen molar-refractivity contribution in [2.75, 3.05) is 39.4 Å². The molecule has 3 aliphatic heterocycles. The zero-order chi connectivity index (χ0) is 10.1. The number of hydrogen-bond donors (Lipinski definition) is 0. The predicted molar refractivity (Wildman–Crippen MR) is 60.0 cm³/mol. The van der Waals surface area contributed by atoms with Crippen LogP contribution < -0.4 is 0 Å². The van der Waals surface area contributed by atoms with Gasteiger partial charge in [0, 0.05) is 38.3 Å². The lowest BCUT2D eigenvalue weighted by Gasteiger charge is -2.45. The lowest BCUT2D eigenvalue weighted by molar-refractivity contribution is 0.0243. The van der Waals surface area contributed by atoms with Crippen molar-refractivity contribution in [3.05, 3.63) is 0 Å². The number of rotatable bonds is 1. The average Bonchev–Trinajstić information content (AvgIpc) is 2.82. The number of hydrogen-bond acceptors (Lipinski definition) is 3. The van der Waals surface area contributed by atoms with Gasteiger partial charge in [-0.2, -0.15) is 0 Å². The van der Waals surface area contributed by atoms with Crippen LogP contribution >= 0.6 is 0 Å². The van der Waals surface area contributed by atoms with E-state index in [9.17, 15) is 0 Å². The molecule has 3 saturated heterocycles. The van der Waals surface area contributed by atoms with Crippen LogP contribution in [0.1, 0.15) is 25.7 Å². The lowest BCUT2D eigenvalue weighted by Crippen LogP contribution is -2.57. The van der Waals surface area contributed by atoms with Crippen LogP contribution in [0.5, 0.6) is 0 Å². The van der Waals surface area contributed by atoms with Crippen LogP contribution in [0.15, 0.2) is 0 Å². The third-order valence-corrected chi connectivity index (χ3v) is 4.29. The Hall–Kier alpha value is -0.120. The molecule has 86 valence electrons. The van der Waals surface area contributed by atoms with Crippen LogP contribution in [-0.4, -0.2) is 61.3 Å². The van der Waals surface area contributed by atoms with E-state index in [4.69, 9.17) is 4.74 Å². The van der Waals surface area contributed by atoms with Gasteiger partial charge in [0.05, 0.1) is 6.61 Å². The molecule has 0 aromatic rings. The molecule has 3 rings (SSSR count). The number of piperazine rings is 1. The quantitative estimate of drug-likeness (QED) is 0.641. The molecule has 0 spiro atoms. The van der Waals surface area contributed by atoms with Gasteiger partial charge in [0.15, 0.2) is 0 Å². The van der Waals surface area contributed by atoms with E-state index in [0.717, 1.165) is 25.3 Å². The zero-order valence-corrected chi connectivity index (χ0v) is 9.53. The second kappa shape index (κ2) is 4.40. The van der Waals surface area contributed by atoms with E-state index in [2.05, 4.69) is 9.80 Å². The normalized spacial score (nSPS) is 39.2. The Kier molecular flexibility index (Phi) is 2.95. The molecule has 2 unspecified atom stereocenters. The summed E-state index contributed by atoms with van der Waals surface area (Å²) in [6, 6.07) is 1.59. The topological polar surface area (TPSA) is 15.7 Å². The lowest BCUT2D eigenvalue weighted by atomic mass is 9.98. The van der Waals surface area contributed by atoms with E-state index >= 15 is 0 Å². The van der Waals surface area contributed by atoms with E-state index in [1.807, 2.05) is 0 Å². The molecule has 2 atom stereocenters. The Morgan fingerprint density at radius 3 is 2.67 bits per heavy atom. The minimum Gasteiger partial charge on any atom is -0.380 e. The maximum atomic E-state index is 5.49. The Morgan fingerprint density at radius 1 is 0.867 bits per heavy atom. The van der Waals surface area contributed by atoms with Crippen molar-refractivity contribution in [3.63, 3.8) is 0 Å². The van der Waals surface area contributed by atoms with Crippen LogP contribution in [0.3, 0.4) is 0 Å². The molecule has 0 amide bonds. The Balaban J connectivity index is 1.59. The van der Waals surface area contributed by atoms with E-state index in [1.54, 1.807) is 0 Å². The SMILES string of the molecule is C1CCN2CCN(C3CCOC3)CC2C1. The molecule has 0 radical (unpaired) electrons. The Morgan fingerprint density at radius 2 is 1.80 bits per heavy atom. The van der Waals surface area contributed by atoms with Crippen molar-refractivity contribution in [2.45, 2.75) is 37.8 Å². The highest BCUT2D eigenvalue weighted by molar-refractivity contribution is 4.88. The Labute approximate surface area is 92.4 Å². The van der Waals surface area contributed by atoms with Gasteiger partial charge in [-0.1, -0.05) is 6.42 Å². The first kappa shape index (κ1) is 10.1. The zero-order valence-electron chi connectivity index (χ0n) is 9.53. The van der Waals surface area contributed by atoms with Gasteiger partial charge in [-0.15, -0.1) is 0 Å². The molecule has 0 N–H and O–H groups in total. The fraction of sp³-hybridized carbons (Fsp3) is 1.00. The highest BCUT2D eigenvalue weighted by Gasteiger charge is 2.33. The molecular weight excluding hydrogens is 188 g/mol. The van der Waals surface area contributed by atoms with Gasteiger partial charge in [-0.05, 0) is 25.8 Å². The fourth-order valence-electron chi connectivity index (χ4n) is 3.32. The van der Waals surface area contributed by atoms with Crippen molar-refractivity contribution < 1.29 is 4.74 Å². The third kappa shape index (κ3) is 2.05. The number of fused-ring (bicyclic) bond motifs is 1. The standard InChI is InChI=1S/C12H22N2O/c1-2-5-13-6-7-14(9-11(13)3-1)12-4-8-15-10-12/h11-12H,1-10H2. The summed E-state index contributed by atoms with van der Waals surface area (Å²) in [6.45, 7) is 7.17. The van der Waals surface area contributed by atoms with Crippen molar-refractivity contribution in [3.8, 4) is 0 Å². The molecule has 0 aliphatic carbocycles. The maximum Gasteiger partial charge on any atom is 0.0622 e. The van der Waals surface area contributed by atoms with E-state index in [0.29, 0.717) is 0 Å². The maximum absolute atomic E-state index is 5.49. The molecule has 3 heterocycles. The van der Waals surface area contributed by atoms with Crippen LogP contribution in [0, 0.1) is 0 Å². The largest absolute Gasteiger partial charge is 0.380 e. The molecule has 3 fully saturated rings. The fourth-order valence-corrected chi connectivity index (χ4v) is 3.32. The van der Waals surface area contributed by atoms with Gasteiger partial charge in [0.1, 0.15) is 0 Å². The van der Waals surface area contributed by atoms with Crippen molar-refractivity contribution in [1.82, 2.24) is 9.80 Å². The summed E-state index contributed by atoms with van der Waals surface area (Å²) in [7, 11) is 0. The average molecular weight is 210 g/mol. The van der Waals surface area contributed by atoms with Crippen LogP contribution in [0.2, 0.25) is 0 Å². The Bertz CT molecular complexity index is 216. The molecule has 3 nitrogen and oxygen atoms in total. The van der Waals surface area contributed by atoms with Crippen LogP contribution in [-0.2, 0) is 4.74 Å². The first-order valence-electron chi connectivity index (χ1n) is 6.49. The molecule has 0 bridgehead atoms. The van der Waals surface area contributed by atoms with E-state index in [1.165, 1.54) is 51.9 Å². The van der Waals surface area contributed by atoms with Gasteiger partial charge >= 0.3 is 0 Å². The van der Waals surface area contributed by atoms with Crippen molar-refractivity contribution in [1.29, 1.82) is 0 Å². The van der Waals surface area contributed by atoms with Crippen molar-refractivity contribution in [2.24, 2.45) is 0 Å². The molecule has 15 heavy (non-hydrogen) atoms. The number of nitrogens with zero attached hydrogens (tertiary/aromatic N) is 2. The molecule has 0 aromatic heterocycles.